The molecule has 17 heavy (non-hydrogen) atoms. The topological polar surface area (TPSA) is 47.7 Å². The van der Waals surface area contributed by atoms with Gasteiger partial charge in [0.15, 0.2) is 0 Å². The van der Waals surface area contributed by atoms with Crippen LogP contribution in [0.3, 0.4) is 0 Å². The molecule has 0 aliphatic heterocycles. The lowest BCUT2D eigenvalue weighted by Gasteiger charge is -2.07. The van der Waals surface area contributed by atoms with Crippen LogP contribution < -0.4 is 5.32 Å². The maximum atomic E-state index is 5.85. The van der Waals surface area contributed by atoms with Gasteiger partial charge in [-0.15, -0.1) is 0 Å². The zero-order valence-corrected chi connectivity index (χ0v) is 11.0. The van der Waals surface area contributed by atoms with Crippen LogP contribution in [0.1, 0.15) is 18.2 Å². The van der Waals surface area contributed by atoms with Crippen LogP contribution in [0, 0.1) is 6.92 Å². The summed E-state index contributed by atoms with van der Waals surface area (Å²) in [6.07, 6.45) is 3.45. The largest absolute Gasteiger partial charge is 0.370 e. The van der Waals surface area contributed by atoms with E-state index in [2.05, 4.69) is 22.4 Å². The first kappa shape index (κ1) is 12.0. The van der Waals surface area contributed by atoms with Crippen LogP contribution in [0.2, 0.25) is 5.02 Å². The molecule has 0 atom stereocenters. The number of aromatic nitrogens is 4. The number of halogens is 1. The Labute approximate surface area is 105 Å². The SMILES string of the molecule is CCNc1c(Cn2cc(Cl)cn2)c(C)nn1C. The van der Waals surface area contributed by atoms with Gasteiger partial charge in [0.05, 0.1) is 23.5 Å². The molecule has 2 heterocycles. The molecule has 0 aliphatic carbocycles. The number of aryl methyl sites for hydroxylation is 2. The molecule has 2 aromatic heterocycles. The van der Waals surface area contributed by atoms with Crippen molar-refractivity contribution in [3.05, 3.63) is 28.7 Å². The van der Waals surface area contributed by atoms with E-state index in [9.17, 15) is 0 Å². The summed E-state index contributed by atoms with van der Waals surface area (Å²) in [6.45, 7) is 5.61. The molecular weight excluding hydrogens is 238 g/mol. The number of anilines is 1. The van der Waals surface area contributed by atoms with Crippen molar-refractivity contribution in [2.45, 2.75) is 20.4 Å². The molecular formula is C11H16ClN5. The van der Waals surface area contributed by atoms with Gasteiger partial charge in [0.25, 0.3) is 0 Å². The summed E-state index contributed by atoms with van der Waals surface area (Å²) in [7, 11) is 1.94. The molecule has 0 bridgehead atoms. The summed E-state index contributed by atoms with van der Waals surface area (Å²) < 4.78 is 3.67. The summed E-state index contributed by atoms with van der Waals surface area (Å²) in [5.74, 6) is 1.04. The molecule has 0 fully saturated rings. The number of rotatable bonds is 4. The number of hydrogen-bond donors (Lipinski definition) is 1. The first-order chi connectivity index (χ1) is 8.11. The Morgan fingerprint density at radius 3 is 2.82 bits per heavy atom. The van der Waals surface area contributed by atoms with E-state index < -0.39 is 0 Å². The highest BCUT2D eigenvalue weighted by Gasteiger charge is 2.13. The molecule has 0 saturated heterocycles. The Bertz CT molecular complexity index is 514. The molecule has 0 amide bonds. The quantitative estimate of drug-likeness (QED) is 0.907. The second-order valence-corrected chi connectivity index (χ2v) is 4.36. The maximum absolute atomic E-state index is 5.85. The van der Waals surface area contributed by atoms with Crippen molar-refractivity contribution < 1.29 is 0 Å². The Hall–Kier alpha value is -1.49. The van der Waals surface area contributed by atoms with Crippen LogP contribution in [0.4, 0.5) is 5.82 Å². The monoisotopic (exact) mass is 253 g/mol. The van der Waals surface area contributed by atoms with E-state index in [0.717, 1.165) is 23.6 Å². The van der Waals surface area contributed by atoms with E-state index in [0.29, 0.717) is 11.6 Å². The summed E-state index contributed by atoms with van der Waals surface area (Å²) >= 11 is 5.85. The molecule has 0 unspecified atom stereocenters. The predicted octanol–water partition coefficient (Wildman–Crippen LogP) is 2.06. The third-order valence-corrected chi connectivity index (χ3v) is 2.81. The van der Waals surface area contributed by atoms with Crippen LogP contribution in [0.25, 0.3) is 0 Å². The van der Waals surface area contributed by atoms with Crippen molar-refractivity contribution >= 4 is 17.4 Å². The highest BCUT2D eigenvalue weighted by atomic mass is 35.5. The van der Waals surface area contributed by atoms with Crippen LogP contribution in [-0.4, -0.2) is 26.1 Å². The minimum Gasteiger partial charge on any atom is -0.370 e. The Kier molecular flexibility index (Phi) is 3.38. The van der Waals surface area contributed by atoms with Crippen molar-refractivity contribution in [3.8, 4) is 0 Å². The molecule has 2 rings (SSSR count). The molecule has 1 N–H and O–H groups in total. The lowest BCUT2D eigenvalue weighted by atomic mass is 10.2. The molecule has 5 nitrogen and oxygen atoms in total. The molecule has 0 aliphatic rings. The van der Waals surface area contributed by atoms with Gasteiger partial charge in [-0.1, -0.05) is 11.6 Å². The van der Waals surface area contributed by atoms with Crippen LogP contribution >= 0.6 is 11.6 Å². The van der Waals surface area contributed by atoms with E-state index in [4.69, 9.17) is 11.6 Å². The third-order valence-electron chi connectivity index (χ3n) is 2.61. The molecule has 0 radical (unpaired) electrons. The van der Waals surface area contributed by atoms with Crippen molar-refractivity contribution in [1.29, 1.82) is 0 Å². The van der Waals surface area contributed by atoms with Crippen molar-refractivity contribution in [2.75, 3.05) is 11.9 Å². The van der Waals surface area contributed by atoms with E-state index in [1.54, 1.807) is 6.20 Å². The van der Waals surface area contributed by atoms with Crippen LogP contribution in [0.5, 0.6) is 0 Å². The first-order valence-corrected chi connectivity index (χ1v) is 5.94. The van der Waals surface area contributed by atoms with E-state index in [1.165, 1.54) is 0 Å². The number of nitrogens with zero attached hydrogens (tertiary/aromatic N) is 4. The fourth-order valence-corrected chi connectivity index (χ4v) is 2.02. The lowest BCUT2D eigenvalue weighted by Crippen LogP contribution is -2.08. The minimum absolute atomic E-state index is 0.650. The van der Waals surface area contributed by atoms with Gasteiger partial charge in [0, 0.05) is 25.4 Å². The fraction of sp³-hybridized carbons (Fsp3) is 0.455. The van der Waals surface area contributed by atoms with Crippen molar-refractivity contribution in [1.82, 2.24) is 19.6 Å². The molecule has 6 heteroatoms. The van der Waals surface area contributed by atoms with Gasteiger partial charge in [-0.2, -0.15) is 10.2 Å². The first-order valence-electron chi connectivity index (χ1n) is 5.56. The molecule has 0 aromatic carbocycles. The van der Waals surface area contributed by atoms with E-state index in [-0.39, 0.29) is 0 Å². The van der Waals surface area contributed by atoms with Gasteiger partial charge >= 0.3 is 0 Å². The predicted molar refractivity (Wildman–Crippen MR) is 68.4 cm³/mol. The average Bonchev–Trinajstić information content (AvgIpc) is 2.78. The summed E-state index contributed by atoms with van der Waals surface area (Å²) in [4.78, 5) is 0. The number of nitrogens with one attached hydrogen (secondary N) is 1. The smallest absolute Gasteiger partial charge is 0.129 e. The van der Waals surface area contributed by atoms with Gasteiger partial charge in [0.1, 0.15) is 5.82 Å². The molecule has 92 valence electrons. The van der Waals surface area contributed by atoms with Gasteiger partial charge in [-0.05, 0) is 13.8 Å². The fourth-order valence-electron chi connectivity index (χ4n) is 1.87. The summed E-state index contributed by atoms with van der Waals surface area (Å²) in [5.41, 5.74) is 2.16. The molecule has 0 spiro atoms. The van der Waals surface area contributed by atoms with Gasteiger partial charge in [-0.25, -0.2) is 0 Å². The van der Waals surface area contributed by atoms with Crippen molar-refractivity contribution in [3.63, 3.8) is 0 Å². The highest BCUT2D eigenvalue weighted by molar-refractivity contribution is 6.30. The second kappa shape index (κ2) is 4.79. The van der Waals surface area contributed by atoms with Gasteiger partial charge in [0.2, 0.25) is 0 Å². The lowest BCUT2D eigenvalue weighted by molar-refractivity contribution is 0.684. The Morgan fingerprint density at radius 1 is 1.47 bits per heavy atom. The second-order valence-electron chi connectivity index (χ2n) is 3.92. The normalized spacial score (nSPS) is 10.8. The third kappa shape index (κ3) is 2.44. The van der Waals surface area contributed by atoms with Crippen LogP contribution in [0.15, 0.2) is 12.4 Å². The molecule has 0 saturated carbocycles. The standard InChI is InChI=1S/C11H16ClN5/c1-4-13-11-10(8(2)15-16(11)3)7-17-6-9(12)5-14-17/h5-6,13H,4,7H2,1-3H3. The maximum Gasteiger partial charge on any atom is 0.129 e. The summed E-state index contributed by atoms with van der Waals surface area (Å²) in [6, 6.07) is 0. The number of hydrogen-bond acceptors (Lipinski definition) is 3. The summed E-state index contributed by atoms with van der Waals surface area (Å²) in [5, 5.41) is 12.6. The zero-order chi connectivity index (χ0) is 12.4. The highest BCUT2D eigenvalue weighted by Crippen LogP contribution is 2.20. The van der Waals surface area contributed by atoms with Gasteiger partial charge < -0.3 is 5.32 Å². The van der Waals surface area contributed by atoms with E-state index >= 15 is 0 Å². The van der Waals surface area contributed by atoms with Crippen molar-refractivity contribution in [2.24, 2.45) is 7.05 Å². The van der Waals surface area contributed by atoms with Gasteiger partial charge in [-0.3, -0.25) is 9.36 Å². The Morgan fingerprint density at radius 2 is 2.24 bits per heavy atom. The van der Waals surface area contributed by atoms with E-state index in [1.807, 2.05) is 29.5 Å². The minimum atomic E-state index is 0.650. The Balaban J connectivity index is 2.31. The zero-order valence-electron chi connectivity index (χ0n) is 10.2. The molecule has 2 aromatic rings. The average molecular weight is 254 g/mol. The van der Waals surface area contributed by atoms with Crippen LogP contribution in [-0.2, 0) is 13.6 Å².